The smallest absolute Gasteiger partial charge is 0.164 e. The van der Waals surface area contributed by atoms with E-state index < -0.39 is 0 Å². The van der Waals surface area contributed by atoms with Crippen molar-refractivity contribution in [1.82, 2.24) is 24.1 Å². The zero-order valence-electron chi connectivity index (χ0n) is 30.5. The van der Waals surface area contributed by atoms with Gasteiger partial charge in [-0.25, -0.2) is 15.0 Å². The second kappa shape index (κ2) is 12.6. The molecule has 0 bridgehead atoms. The summed E-state index contributed by atoms with van der Waals surface area (Å²) in [6.45, 7) is 0. The van der Waals surface area contributed by atoms with Crippen LogP contribution in [-0.2, 0) is 0 Å². The summed E-state index contributed by atoms with van der Waals surface area (Å²) in [5.41, 5.74) is 9.96. The fraction of sp³-hybridized carbons (Fsp3) is 0. The molecule has 0 aliphatic heterocycles. The lowest BCUT2D eigenvalue weighted by Crippen LogP contribution is -1.99. The molecule has 12 aromatic rings. The van der Waals surface area contributed by atoms with Crippen LogP contribution < -0.4 is 0 Å². The summed E-state index contributed by atoms with van der Waals surface area (Å²) >= 11 is 1.81. The average Bonchev–Trinajstić information content (AvgIpc) is 3.94. The largest absolute Gasteiger partial charge is 0.307 e. The van der Waals surface area contributed by atoms with Crippen LogP contribution in [0.5, 0.6) is 0 Å². The first kappa shape index (κ1) is 31.9. The highest BCUT2D eigenvalue weighted by Crippen LogP contribution is 2.43. The average molecular weight is 746 g/mol. The van der Waals surface area contributed by atoms with E-state index in [1.54, 1.807) is 0 Å². The van der Waals surface area contributed by atoms with Gasteiger partial charge in [0.15, 0.2) is 17.5 Å². The lowest BCUT2D eigenvalue weighted by Gasteiger charge is -2.12. The number of nitrogens with zero attached hydrogens (tertiary/aromatic N) is 5. The molecule has 0 fully saturated rings. The summed E-state index contributed by atoms with van der Waals surface area (Å²) in [6.07, 6.45) is 0. The van der Waals surface area contributed by atoms with Crippen LogP contribution in [0, 0.1) is 0 Å². The second-order valence-electron chi connectivity index (χ2n) is 14.4. The number of benzene rings is 8. The minimum atomic E-state index is 0.658. The molecule has 0 spiro atoms. The van der Waals surface area contributed by atoms with Gasteiger partial charge in [-0.05, 0) is 42.5 Å². The van der Waals surface area contributed by atoms with E-state index >= 15 is 0 Å². The van der Waals surface area contributed by atoms with E-state index in [4.69, 9.17) is 15.0 Å². The van der Waals surface area contributed by atoms with E-state index in [-0.39, 0.29) is 0 Å². The fourth-order valence-electron chi connectivity index (χ4n) is 8.60. The maximum atomic E-state index is 5.01. The molecule has 0 atom stereocenters. The SMILES string of the molecule is c1ccc(-c2nc(-c3ccccc3)nc(-c3ccc4c(c3)sc3cc(-n5c6ccccc6c6ccc7c8ccccc8n(-c8ccccc8)c7c65)ccc34)n2)cc1. The number of hydrogen-bond donors (Lipinski definition) is 0. The lowest BCUT2D eigenvalue weighted by molar-refractivity contribution is 1.07. The van der Waals surface area contributed by atoms with Crippen LogP contribution in [0.2, 0.25) is 0 Å². The molecule has 6 heteroatoms. The number of aromatic nitrogens is 5. The standard InChI is InChI=1S/C51H31N5S/c1-4-14-32(15-5-1)49-52-50(33-16-6-2-7-17-33)54-51(53-49)34-24-26-39-40-27-25-36(31-46(40)57-45(39)30-34)56-44-23-13-11-21-38(44)42-29-28-41-37-20-10-12-22-43(37)55(47(41)48(42)56)35-18-8-3-9-19-35/h1-31H. The van der Waals surface area contributed by atoms with Crippen LogP contribution >= 0.6 is 11.3 Å². The number of rotatable bonds is 5. The zero-order valence-corrected chi connectivity index (χ0v) is 31.4. The quantitative estimate of drug-likeness (QED) is 0.176. The predicted octanol–water partition coefficient (Wildman–Crippen LogP) is 13.4. The predicted molar refractivity (Wildman–Crippen MR) is 238 cm³/mol. The van der Waals surface area contributed by atoms with E-state index in [9.17, 15) is 0 Å². The minimum absolute atomic E-state index is 0.658. The van der Waals surface area contributed by atoms with Gasteiger partial charge in [-0.3, -0.25) is 0 Å². The molecule has 266 valence electrons. The topological polar surface area (TPSA) is 48.5 Å². The first-order valence-corrected chi connectivity index (χ1v) is 19.9. The Morgan fingerprint density at radius 3 is 1.33 bits per heavy atom. The van der Waals surface area contributed by atoms with E-state index in [2.05, 4.69) is 137 Å². The summed E-state index contributed by atoms with van der Waals surface area (Å²) in [5, 5.41) is 7.42. The van der Waals surface area contributed by atoms with E-state index in [1.807, 2.05) is 72.0 Å². The molecule has 0 saturated heterocycles. The fourth-order valence-corrected chi connectivity index (χ4v) is 9.77. The molecule has 0 amide bonds. The summed E-state index contributed by atoms with van der Waals surface area (Å²) < 4.78 is 7.33. The van der Waals surface area contributed by atoms with Crippen LogP contribution in [-0.4, -0.2) is 24.1 Å². The molecule has 4 aromatic heterocycles. The van der Waals surface area contributed by atoms with Crippen LogP contribution in [0.15, 0.2) is 188 Å². The molecule has 0 aliphatic carbocycles. The van der Waals surface area contributed by atoms with Gasteiger partial charge < -0.3 is 9.13 Å². The molecule has 57 heavy (non-hydrogen) atoms. The van der Waals surface area contributed by atoms with Crippen LogP contribution in [0.4, 0.5) is 0 Å². The van der Waals surface area contributed by atoms with Crippen LogP contribution in [0.25, 0.3) is 109 Å². The summed E-state index contributed by atoms with van der Waals surface area (Å²) in [6, 6.07) is 66.7. The van der Waals surface area contributed by atoms with Crippen molar-refractivity contribution in [1.29, 1.82) is 0 Å². The normalized spacial score (nSPS) is 11.9. The van der Waals surface area contributed by atoms with Gasteiger partial charge in [0.1, 0.15) is 0 Å². The Kier molecular flexibility index (Phi) is 7.03. The summed E-state index contributed by atoms with van der Waals surface area (Å²) in [5.74, 6) is 1.98. The van der Waals surface area contributed by atoms with E-state index in [0.717, 1.165) is 28.1 Å². The second-order valence-corrected chi connectivity index (χ2v) is 15.5. The van der Waals surface area contributed by atoms with Gasteiger partial charge in [0.25, 0.3) is 0 Å². The molecule has 0 unspecified atom stereocenters. The number of thiophene rings is 1. The highest BCUT2D eigenvalue weighted by Gasteiger charge is 2.22. The third-order valence-electron chi connectivity index (χ3n) is 11.2. The Bertz CT molecular complexity index is 3450. The van der Waals surface area contributed by atoms with Gasteiger partial charge in [-0.1, -0.05) is 146 Å². The molecule has 0 N–H and O–H groups in total. The monoisotopic (exact) mass is 745 g/mol. The molecular weight excluding hydrogens is 715 g/mol. The van der Waals surface area contributed by atoms with Gasteiger partial charge in [-0.2, -0.15) is 0 Å². The molecule has 0 radical (unpaired) electrons. The minimum Gasteiger partial charge on any atom is -0.307 e. The van der Waals surface area contributed by atoms with Crippen LogP contribution in [0.3, 0.4) is 0 Å². The molecule has 0 aliphatic rings. The Balaban J connectivity index is 1.07. The van der Waals surface area contributed by atoms with Gasteiger partial charge in [0.2, 0.25) is 0 Å². The van der Waals surface area contributed by atoms with Crippen molar-refractivity contribution < 1.29 is 0 Å². The Labute approximate surface area is 331 Å². The van der Waals surface area contributed by atoms with Crippen molar-refractivity contribution in [2.75, 3.05) is 0 Å². The number of fused-ring (bicyclic) bond motifs is 10. The third-order valence-corrected chi connectivity index (χ3v) is 12.3. The van der Waals surface area contributed by atoms with Crippen molar-refractivity contribution in [2.24, 2.45) is 0 Å². The summed E-state index contributed by atoms with van der Waals surface area (Å²) in [4.78, 5) is 14.9. The molecular formula is C51H31N5S. The maximum absolute atomic E-state index is 5.01. The number of hydrogen-bond acceptors (Lipinski definition) is 4. The van der Waals surface area contributed by atoms with E-state index in [1.165, 1.54) is 63.8 Å². The van der Waals surface area contributed by atoms with Crippen molar-refractivity contribution >= 4 is 75.1 Å². The van der Waals surface area contributed by atoms with Crippen molar-refractivity contribution in [3.63, 3.8) is 0 Å². The molecule has 12 rings (SSSR count). The Morgan fingerprint density at radius 2 is 0.754 bits per heavy atom. The third kappa shape index (κ3) is 4.98. The Hall–Kier alpha value is -7.41. The first-order chi connectivity index (χ1) is 28.3. The van der Waals surface area contributed by atoms with E-state index in [0.29, 0.717) is 17.5 Å². The van der Waals surface area contributed by atoms with Gasteiger partial charge in [-0.15, -0.1) is 11.3 Å². The maximum Gasteiger partial charge on any atom is 0.164 e. The molecule has 8 aromatic carbocycles. The van der Waals surface area contributed by atoms with Crippen molar-refractivity contribution in [2.45, 2.75) is 0 Å². The highest BCUT2D eigenvalue weighted by atomic mass is 32.1. The molecule has 4 heterocycles. The zero-order chi connectivity index (χ0) is 37.5. The van der Waals surface area contributed by atoms with Gasteiger partial charge >= 0.3 is 0 Å². The molecule has 5 nitrogen and oxygen atoms in total. The van der Waals surface area contributed by atoms with Gasteiger partial charge in [0.05, 0.1) is 22.1 Å². The molecule has 0 saturated carbocycles. The van der Waals surface area contributed by atoms with Crippen LogP contribution in [0.1, 0.15) is 0 Å². The Morgan fingerprint density at radius 1 is 0.316 bits per heavy atom. The van der Waals surface area contributed by atoms with Gasteiger partial charge in [0, 0.05) is 69.8 Å². The first-order valence-electron chi connectivity index (χ1n) is 19.1. The summed E-state index contributed by atoms with van der Waals surface area (Å²) in [7, 11) is 0. The highest BCUT2D eigenvalue weighted by molar-refractivity contribution is 7.25. The number of para-hydroxylation sites is 3. The van der Waals surface area contributed by atoms with Crippen molar-refractivity contribution in [3.05, 3.63) is 188 Å². The van der Waals surface area contributed by atoms with Crippen molar-refractivity contribution in [3.8, 4) is 45.5 Å². The lowest BCUT2D eigenvalue weighted by atomic mass is 10.1.